The maximum absolute atomic E-state index is 12.8. The third-order valence-electron chi connectivity index (χ3n) is 5.07. The minimum atomic E-state index is -4.57. The lowest BCUT2D eigenvalue weighted by Gasteiger charge is -2.19. The number of nitrogens with one attached hydrogen (secondary N) is 1. The molecular weight excluding hydrogens is 403 g/mol. The molecule has 1 amide bonds. The molecule has 0 radical (unpaired) electrons. The molecule has 2 aromatic heterocycles. The lowest BCUT2D eigenvalue weighted by Crippen LogP contribution is -2.20. The second kappa shape index (κ2) is 8.45. The summed E-state index contributed by atoms with van der Waals surface area (Å²) in [6.45, 7) is 3.77. The number of carbonyl (C=O) groups excluding carboxylic acids is 1. The van der Waals surface area contributed by atoms with Gasteiger partial charge in [-0.2, -0.15) is 18.4 Å². The highest BCUT2D eigenvalue weighted by atomic mass is 32.2. The number of nitrogens with zero attached hydrogens (tertiary/aromatic N) is 4. The SMILES string of the molecule is Cc1c(C#N)c(NC(=O)CSc2nccc(C(F)(F)F)n2)n(C2CCCC2)c1C. The summed E-state index contributed by atoms with van der Waals surface area (Å²) in [6.07, 6.45) is 0.602. The largest absolute Gasteiger partial charge is 0.433 e. The Labute approximate surface area is 170 Å². The fourth-order valence-corrected chi connectivity index (χ4v) is 4.20. The van der Waals surface area contributed by atoms with E-state index in [1.807, 2.05) is 18.4 Å². The van der Waals surface area contributed by atoms with Gasteiger partial charge in [-0.1, -0.05) is 24.6 Å². The zero-order valence-corrected chi connectivity index (χ0v) is 16.8. The van der Waals surface area contributed by atoms with E-state index < -0.39 is 17.8 Å². The quantitative estimate of drug-likeness (QED) is 0.560. The van der Waals surface area contributed by atoms with E-state index in [-0.39, 0.29) is 17.0 Å². The molecule has 1 fully saturated rings. The second-order valence-electron chi connectivity index (χ2n) is 6.91. The maximum atomic E-state index is 12.8. The third kappa shape index (κ3) is 4.56. The molecule has 0 bridgehead atoms. The van der Waals surface area contributed by atoms with Crippen LogP contribution in [0.5, 0.6) is 0 Å². The molecule has 0 aliphatic heterocycles. The Kier molecular flexibility index (Phi) is 6.17. The van der Waals surface area contributed by atoms with Gasteiger partial charge in [0.2, 0.25) is 5.91 Å². The number of alkyl halides is 3. The van der Waals surface area contributed by atoms with E-state index in [1.165, 1.54) is 0 Å². The molecule has 0 atom stereocenters. The van der Waals surface area contributed by atoms with Crippen LogP contribution in [0.25, 0.3) is 0 Å². The number of hydrogen-bond donors (Lipinski definition) is 1. The molecule has 0 saturated heterocycles. The first-order valence-corrected chi connectivity index (χ1v) is 10.1. The molecule has 1 aliphatic rings. The highest BCUT2D eigenvalue weighted by Crippen LogP contribution is 2.37. The van der Waals surface area contributed by atoms with Gasteiger partial charge < -0.3 is 9.88 Å². The molecule has 0 unspecified atom stereocenters. The van der Waals surface area contributed by atoms with E-state index >= 15 is 0 Å². The smallest absolute Gasteiger partial charge is 0.327 e. The molecule has 2 aromatic rings. The Morgan fingerprint density at radius 2 is 2.07 bits per heavy atom. The number of aromatic nitrogens is 3. The monoisotopic (exact) mass is 423 g/mol. The number of carbonyl (C=O) groups is 1. The van der Waals surface area contributed by atoms with Gasteiger partial charge in [-0.3, -0.25) is 4.79 Å². The van der Waals surface area contributed by atoms with Crippen LogP contribution in [-0.4, -0.2) is 26.2 Å². The van der Waals surface area contributed by atoms with Gasteiger partial charge in [0.15, 0.2) is 5.16 Å². The van der Waals surface area contributed by atoms with Gasteiger partial charge in [-0.25, -0.2) is 9.97 Å². The molecule has 0 aromatic carbocycles. The Bertz CT molecular complexity index is 958. The minimum absolute atomic E-state index is 0.131. The Morgan fingerprint density at radius 3 is 2.69 bits per heavy atom. The predicted octanol–water partition coefficient (Wildman–Crippen LogP) is 4.63. The van der Waals surface area contributed by atoms with Gasteiger partial charge in [-0.15, -0.1) is 0 Å². The van der Waals surface area contributed by atoms with Crippen molar-refractivity contribution >= 4 is 23.5 Å². The molecule has 0 spiro atoms. The van der Waals surface area contributed by atoms with E-state index in [9.17, 15) is 23.2 Å². The van der Waals surface area contributed by atoms with Gasteiger partial charge in [-0.05, 0) is 38.3 Å². The Balaban J connectivity index is 1.76. The van der Waals surface area contributed by atoms with Crippen molar-refractivity contribution in [2.75, 3.05) is 11.1 Å². The van der Waals surface area contributed by atoms with Crippen molar-refractivity contribution in [1.29, 1.82) is 5.26 Å². The summed E-state index contributed by atoms with van der Waals surface area (Å²) in [5.74, 6) is -0.130. The summed E-state index contributed by atoms with van der Waals surface area (Å²) >= 11 is 0.814. The average molecular weight is 423 g/mol. The van der Waals surface area contributed by atoms with Gasteiger partial charge in [0.25, 0.3) is 0 Å². The van der Waals surface area contributed by atoms with Crippen molar-refractivity contribution in [1.82, 2.24) is 14.5 Å². The fraction of sp³-hybridized carbons (Fsp3) is 0.474. The van der Waals surface area contributed by atoms with Crippen LogP contribution in [0.15, 0.2) is 17.4 Å². The molecule has 3 rings (SSSR count). The van der Waals surface area contributed by atoms with E-state index in [1.54, 1.807) is 0 Å². The first-order valence-electron chi connectivity index (χ1n) is 9.16. The average Bonchev–Trinajstić information content (AvgIpc) is 3.27. The summed E-state index contributed by atoms with van der Waals surface area (Å²) in [6, 6.07) is 3.17. The topological polar surface area (TPSA) is 83.6 Å². The Morgan fingerprint density at radius 1 is 1.38 bits per heavy atom. The molecule has 29 heavy (non-hydrogen) atoms. The Hall–Kier alpha value is -2.54. The van der Waals surface area contributed by atoms with Crippen molar-refractivity contribution in [2.45, 2.75) is 56.9 Å². The second-order valence-corrected chi connectivity index (χ2v) is 7.86. The highest BCUT2D eigenvalue weighted by molar-refractivity contribution is 7.99. The third-order valence-corrected chi connectivity index (χ3v) is 5.93. The van der Waals surface area contributed by atoms with Crippen molar-refractivity contribution in [3.8, 4) is 6.07 Å². The van der Waals surface area contributed by atoms with Crippen molar-refractivity contribution in [2.24, 2.45) is 0 Å². The van der Waals surface area contributed by atoms with Crippen LogP contribution in [0.1, 0.15) is 54.2 Å². The number of hydrogen-bond acceptors (Lipinski definition) is 5. The van der Waals surface area contributed by atoms with Gasteiger partial charge >= 0.3 is 6.18 Å². The predicted molar refractivity (Wildman–Crippen MR) is 103 cm³/mol. The van der Waals surface area contributed by atoms with Crippen molar-refractivity contribution < 1.29 is 18.0 Å². The molecule has 1 N–H and O–H groups in total. The molecule has 6 nitrogen and oxygen atoms in total. The van der Waals surface area contributed by atoms with Crippen LogP contribution in [0.2, 0.25) is 0 Å². The van der Waals surface area contributed by atoms with Crippen molar-refractivity contribution in [3.05, 3.63) is 34.8 Å². The number of anilines is 1. The lowest BCUT2D eigenvalue weighted by atomic mass is 10.2. The molecule has 10 heteroatoms. The van der Waals surface area contributed by atoms with Gasteiger partial charge in [0, 0.05) is 17.9 Å². The van der Waals surface area contributed by atoms with Crippen LogP contribution in [-0.2, 0) is 11.0 Å². The normalized spacial score (nSPS) is 14.8. The fourth-order valence-electron chi connectivity index (χ4n) is 3.57. The zero-order chi connectivity index (χ0) is 21.2. The number of halogens is 3. The van der Waals surface area contributed by atoms with E-state index in [0.717, 1.165) is 61.0 Å². The summed E-state index contributed by atoms with van der Waals surface area (Å²) in [7, 11) is 0. The van der Waals surface area contributed by atoms with E-state index in [0.29, 0.717) is 11.4 Å². The number of amides is 1. The van der Waals surface area contributed by atoms with E-state index in [4.69, 9.17) is 0 Å². The maximum Gasteiger partial charge on any atom is 0.433 e. The molecule has 154 valence electrons. The molecule has 1 aliphatic carbocycles. The van der Waals surface area contributed by atoms with Gasteiger partial charge in [0.05, 0.1) is 11.3 Å². The number of nitriles is 1. The van der Waals surface area contributed by atoms with Crippen LogP contribution in [0.4, 0.5) is 19.0 Å². The summed E-state index contributed by atoms with van der Waals surface area (Å²) in [4.78, 5) is 19.7. The number of thioether (sulfide) groups is 1. The highest BCUT2D eigenvalue weighted by Gasteiger charge is 2.33. The first-order chi connectivity index (χ1) is 13.7. The summed E-state index contributed by atoms with van der Waals surface area (Å²) < 4.78 is 40.3. The molecular formula is C19H20F3N5OS. The van der Waals surface area contributed by atoms with Crippen LogP contribution < -0.4 is 5.32 Å². The van der Waals surface area contributed by atoms with Crippen LogP contribution in [0.3, 0.4) is 0 Å². The molecule has 1 saturated carbocycles. The summed E-state index contributed by atoms with van der Waals surface area (Å²) in [5.41, 5.74) is 1.13. The van der Waals surface area contributed by atoms with E-state index in [2.05, 4.69) is 21.4 Å². The lowest BCUT2D eigenvalue weighted by molar-refractivity contribution is -0.141. The van der Waals surface area contributed by atoms with Crippen molar-refractivity contribution in [3.63, 3.8) is 0 Å². The van der Waals surface area contributed by atoms with Crippen LogP contribution >= 0.6 is 11.8 Å². The number of rotatable bonds is 5. The summed E-state index contributed by atoms with van der Waals surface area (Å²) in [5, 5.41) is 12.2. The minimum Gasteiger partial charge on any atom is -0.327 e. The van der Waals surface area contributed by atoms with Gasteiger partial charge in [0.1, 0.15) is 17.6 Å². The zero-order valence-electron chi connectivity index (χ0n) is 16.0. The first kappa shape index (κ1) is 21.2. The standard InChI is InChI=1S/C19H20F3N5OS/c1-11-12(2)27(13-5-3-4-6-13)17(14(11)9-23)26-16(28)10-29-18-24-8-7-15(25-18)19(20,21)22/h7-8,13H,3-6,10H2,1-2H3,(H,26,28). The molecule has 2 heterocycles. The van der Waals surface area contributed by atoms with Crippen LogP contribution in [0, 0.1) is 25.2 Å².